The Kier molecular flexibility index (Phi) is 6.60. The van der Waals surface area contributed by atoms with Crippen LogP contribution in [-0.4, -0.2) is 31.9 Å². The number of aryl methyl sites for hydroxylation is 3. The molecular formula is C24H23N5O3S. The van der Waals surface area contributed by atoms with Crippen LogP contribution in [-0.2, 0) is 11.3 Å². The van der Waals surface area contributed by atoms with Crippen molar-refractivity contribution in [1.29, 1.82) is 0 Å². The number of nitro benzene ring substituents is 1. The lowest BCUT2D eigenvalue weighted by Crippen LogP contribution is -2.30. The summed E-state index contributed by atoms with van der Waals surface area (Å²) in [5.41, 5.74) is 3.67. The molecule has 0 saturated heterocycles. The molecule has 0 bridgehead atoms. The van der Waals surface area contributed by atoms with Crippen LogP contribution < -0.4 is 4.90 Å². The molecule has 4 rings (SSSR count). The molecule has 2 aromatic heterocycles. The van der Waals surface area contributed by atoms with Gasteiger partial charge >= 0.3 is 0 Å². The number of carbonyl (C=O) groups is 1. The van der Waals surface area contributed by atoms with Crippen LogP contribution in [0.15, 0.2) is 61.2 Å². The zero-order valence-electron chi connectivity index (χ0n) is 18.3. The number of amides is 1. The smallest absolute Gasteiger partial charge is 0.270 e. The number of fused-ring (bicyclic) bond motifs is 1. The average molecular weight is 462 g/mol. The molecule has 0 saturated carbocycles. The lowest BCUT2D eigenvalue weighted by Gasteiger charge is -2.18. The third kappa shape index (κ3) is 5.15. The first-order valence-corrected chi connectivity index (χ1v) is 11.3. The Hall–Kier alpha value is -3.85. The van der Waals surface area contributed by atoms with Gasteiger partial charge in [-0.25, -0.2) is 9.97 Å². The van der Waals surface area contributed by atoms with Crippen LogP contribution in [0.4, 0.5) is 10.8 Å². The molecule has 2 aromatic carbocycles. The van der Waals surface area contributed by atoms with Gasteiger partial charge in [0.1, 0.15) is 0 Å². The van der Waals surface area contributed by atoms with Gasteiger partial charge in [0.15, 0.2) is 5.13 Å². The van der Waals surface area contributed by atoms with Crippen molar-refractivity contribution in [1.82, 2.24) is 14.5 Å². The summed E-state index contributed by atoms with van der Waals surface area (Å²) in [6, 6.07) is 10.3. The highest BCUT2D eigenvalue weighted by Crippen LogP contribution is 2.33. The molecule has 0 aliphatic rings. The van der Waals surface area contributed by atoms with Crippen LogP contribution in [0, 0.1) is 24.0 Å². The molecule has 2 heterocycles. The van der Waals surface area contributed by atoms with Gasteiger partial charge in [-0.1, -0.05) is 35.6 Å². The lowest BCUT2D eigenvalue weighted by atomic mass is 10.1. The number of anilines is 1. The molecule has 0 spiro atoms. The van der Waals surface area contributed by atoms with E-state index in [0.29, 0.717) is 17.2 Å². The number of thiazole rings is 1. The van der Waals surface area contributed by atoms with E-state index in [4.69, 9.17) is 4.98 Å². The first kappa shape index (κ1) is 22.3. The maximum absolute atomic E-state index is 13.2. The van der Waals surface area contributed by atoms with Gasteiger partial charge in [-0.15, -0.1) is 0 Å². The first-order valence-electron chi connectivity index (χ1n) is 10.5. The minimum Gasteiger partial charge on any atom is -0.337 e. The number of carbonyl (C=O) groups excluding carboxylic acids is 1. The normalized spacial score (nSPS) is 11.3. The van der Waals surface area contributed by atoms with Crippen LogP contribution in [0.5, 0.6) is 0 Å². The van der Waals surface area contributed by atoms with E-state index < -0.39 is 4.92 Å². The summed E-state index contributed by atoms with van der Waals surface area (Å²) >= 11 is 1.50. The number of aromatic nitrogens is 3. The van der Waals surface area contributed by atoms with Crippen molar-refractivity contribution in [2.75, 3.05) is 11.4 Å². The summed E-state index contributed by atoms with van der Waals surface area (Å²) in [6.07, 6.45) is 9.13. The van der Waals surface area contributed by atoms with Gasteiger partial charge in [0.05, 0.1) is 21.5 Å². The Balaban J connectivity index is 1.61. The van der Waals surface area contributed by atoms with Gasteiger partial charge < -0.3 is 4.57 Å². The number of benzene rings is 2. The minimum atomic E-state index is -0.451. The van der Waals surface area contributed by atoms with Crippen molar-refractivity contribution in [3.05, 3.63) is 88.0 Å². The second-order valence-corrected chi connectivity index (χ2v) is 8.68. The largest absolute Gasteiger partial charge is 0.337 e. The van der Waals surface area contributed by atoms with Crippen molar-refractivity contribution in [3.63, 3.8) is 0 Å². The molecule has 168 valence electrons. The van der Waals surface area contributed by atoms with E-state index in [1.54, 1.807) is 35.6 Å². The average Bonchev–Trinajstić information content (AvgIpc) is 3.48. The summed E-state index contributed by atoms with van der Waals surface area (Å²) in [7, 11) is 0. The van der Waals surface area contributed by atoms with E-state index in [1.807, 2.05) is 30.7 Å². The molecule has 0 atom stereocenters. The van der Waals surface area contributed by atoms with Crippen LogP contribution in [0.25, 0.3) is 16.3 Å². The standard InChI is InChI=1S/C24H23N5O3S/c1-17-7-8-18(2)23-22(17)26-24(33-23)28(13-4-12-27-14-11-25-16-27)21(30)10-9-19-5-3-6-20(15-19)29(31)32/h3,5-11,14-16H,4,12-13H2,1-2H3/b10-9+. The van der Waals surface area contributed by atoms with Crippen LogP contribution in [0.3, 0.4) is 0 Å². The number of hydrogen-bond acceptors (Lipinski definition) is 6. The zero-order valence-corrected chi connectivity index (χ0v) is 19.2. The second kappa shape index (κ2) is 9.74. The number of rotatable bonds is 8. The third-order valence-corrected chi connectivity index (χ3v) is 6.50. The second-order valence-electron chi connectivity index (χ2n) is 7.70. The van der Waals surface area contributed by atoms with E-state index in [2.05, 4.69) is 11.1 Å². The van der Waals surface area contributed by atoms with E-state index in [-0.39, 0.29) is 11.6 Å². The van der Waals surface area contributed by atoms with Crippen molar-refractivity contribution in [2.24, 2.45) is 0 Å². The lowest BCUT2D eigenvalue weighted by molar-refractivity contribution is -0.384. The fraction of sp³-hybridized carbons (Fsp3) is 0.208. The molecule has 0 radical (unpaired) electrons. The summed E-state index contributed by atoms with van der Waals surface area (Å²) < 4.78 is 3.04. The Labute approximate surface area is 195 Å². The molecule has 0 N–H and O–H groups in total. The molecule has 9 heteroatoms. The monoisotopic (exact) mass is 461 g/mol. The van der Waals surface area contributed by atoms with E-state index in [0.717, 1.165) is 34.3 Å². The fourth-order valence-corrected chi connectivity index (χ4v) is 4.64. The molecule has 0 aliphatic heterocycles. The summed E-state index contributed by atoms with van der Waals surface area (Å²) in [6.45, 7) is 5.26. The van der Waals surface area contributed by atoms with Gasteiger partial charge in [0.2, 0.25) is 0 Å². The van der Waals surface area contributed by atoms with Crippen molar-refractivity contribution >= 4 is 44.4 Å². The quantitative estimate of drug-likeness (QED) is 0.205. The Morgan fingerprint density at radius 1 is 1.24 bits per heavy atom. The highest BCUT2D eigenvalue weighted by Gasteiger charge is 2.19. The first-order chi connectivity index (χ1) is 15.9. The molecule has 4 aromatic rings. The van der Waals surface area contributed by atoms with Gasteiger partial charge in [-0.05, 0) is 43.0 Å². The number of hydrogen-bond donors (Lipinski definition) is 0. The maximum atomic E-state index is 13.2. The SMILES string of the molecule is Cc1ccc(C)c2sc(N(CCCn3ccnc3)C(=O)/C=C/c3cccc([N+](=O)[O-])c3)nc12. The Morgan fingerprint density at radius 3 is 2.79 bits per heavy atom. The predicted octanol–water partition coefficient (Wildman–Crippen LogP) is 5.15. The van der Waals surface area contributed by atoms with Gasteiger partial charge in [-0.3, -0.25) is 19.8 Å². The van der Waals surface area contributed by atoms with E-state index in [1.165, 1.54) is 29.5 Å². The van der Waals surface area contributed by atoms with Gasteiger partial charge in [0, 0.05) is 43.7 Å². The van der Waals surface area contributed by atoms with Crippen molar-refractivity contribution < 1.29 is 9.72 Å². The Bertz CT molecular complexity index is 1290. The van der Waals surface area contributed by atoms with Crippen LogP contribution in [0.2, 0.25) is 0 Å². The van der Waals surface area contributed by atoms with Crippen molar-refractivity contribution in [2.45, 2.75) is 26.8 Å². The molecular weight excluding hydrogens is 438 g/mol. The number of nitro groups is 1. The topological polar surface area (TPSA) is 94.2 Å². The van der Waals surface area contributed by atoms with E-state index >= 15 is 0 Å². The molecule has 33 heavy (non-hydrogen) atoms. The number of nitrogens with zero attached hydrogens (tertiary/aromatic N) is 5. The highest BCUT2D eigenvalue weighted by atomic mass is 32.1. The van der Waals surface area contributed by atoms with Crippen molar-refractivity contribution in [3.8, 4) is 0 Å². The Morgan fingerprint density at radius 2 is 2.06 bits per heavy atom. The predicted molar refractivity (Wildman–Crippen MR) is 130 cm³/mol. The molecule has 8 nitrogen and oxygen atoms in total. The van der Waals surface area contributed by atoms with Crippen LogP contribution in [0.1, 0.15) is 23.1 Å². The summed E-state index contributed by atoms with van der Waals surface area (Å²) in [5.74, 6) is -0.221. The summed E-state index contributed by atoms with van der Waals surface area (Å²) in [5, 5.41) is 11.7. The third-order valence-electron chi connectivity index (χ3n) is 5.28. The molecule has 0 fully saturated rings. The van der Waals surface area contributed by atoms with Gasteiger partial charge in [0.25, 0.3) is 11.6 Å². The number of non-ortho nitro benzene ring substituents is 1. The maximum Gasteiger partial charge on any atom is 0.270 e. The fourth-order valence-electron chi connectivity index (χ4n) is 3.49. The highest BCUT2D eigenvalue weighted by molar-refractivity contribution is 7.22. The molecule has 1 amide bonds. The van der Waals surface area contributed by atoms with Gasteiger partial charge in [-0.2, -0.15) is 0 Å². The molecule has 0 unspecified atom stereocenters. The molecule has 0 aliphatic carbocycles. The zero-order chi connectivity index (χ0) is 23.4. The van der Waals surface area contributed by atoms with Crippen LogP contribution >= 0.6 is 11.3 Å². The minimum absolute atomic E-state index is 0.0149. The summed E-state index contributed by atoms with van der Waals surface area (Å²) in [4.78, 5) is 34.3. The van der Waals surface area contributed by atoms with E-state index in [9.17, 15) is 14.9 Å². The number of imidazole rings is 1.